The van der Waals surface area contributed by atoms with Gasteiger partial charge in [-0.05, 0) is 43.5 Å². The highest BCUT2D eigenvalue weighted by molar-refractivity contribution is 5.82. The number of aliphatic hydroxyl groups is 1. The lowest BCUT2D eigenvalue weighted by Gasteiger charge is -2.29. The van der Waals surface area contributed by atoms with E-state index in [0.29, 0.717) is 25.8 Å². The number of aliphatic hydroxyl groups excluding tert-OH is 1. The van der Waals surface area contributed by atoms with Crippen LogP contribution in [0.4, 0.5) is 0 Å². The summed E-state index contributed by atoms with van der Waals surface area (Å²) in [4.78, 5) is 24.5. The second kappa shape index (κ2) is 9.38. The molecule has 148 valence electrons. The van der Waals surface area contributed by atoms with Crippen LogP contribution in [0.3, 0.4) is 0 Å². The lowest BCUT2D eigenvalue weighted by atomic mass is 9.84. The summed E-state index contributed by atoms with van der Waals surface area (Å²) in [5.41, 5.74) is 7.80. The molecule has 1 aromatic heterocycles. The van der Waals surface area contributed by atoms with E-state index >= 15 is 0 Å². The van der Waals surface area contributed by atoms with Gasteiger partial charge < -0.3 is 31.0 Å². The van der Waals surface area contributed by atoms with Gasteiger partial charge in [-0.15, -0.1) is 0 Å². The number of carboxylic acid groups (broad SMARTS) is 1. The van der Waals surface area contributed by atoms with Gasteiger partial charge in [0.05, 0.1) is 19.8 Å². The van der Waals surface area contributed by atoms with Crippen molar-refractivity contribution in [1.82, 2.24) is 10.3 Å². The Morgan fingerprint density at radius 3 is 2.67 bits per heavy atom. The molecule has 1 fully saturated rings. The summed E-state index contributed by atoms with van der Waals surface area (Å²) in [7, 11) is 1.64. The van der Waals surface area contributed by atoms with Crippen molar-refractivity contribution in [1.29, 1.82) is 0 Å². The van der Waals surface area contributed by atoms with E-state index in [1.54, 1.807) is 7.11 Å². The van der Waals surface area contributed by atoms with Gasteiger partial charge in [0.1, 0.15) is 5.75 Å². The van der Waals surface area contributed by atoms with Crippen LogP contribution in [0.1, 0.15) is 31.9 Å². The molecule has 6 N–H and O–H groups in total. The molecule has 0 unspecified atom stereocenters. The van der Waals surface area contributed by atoms with Crippen molar-refractivity contribution in [2.75, 3.05) is 7.11 Å². The van der Waals surface area contributed by atoms with Crippen LogP contribution in [0.25, 0.3) is 10.9 Å². The molecule has 1 amide bonds. The van der Waals surface area contributed by atoms with Gasteiger partial charge in [0.2, 0.25) is 5.91 Å². The minimum atomic E-state index is -0.833. The van der Waals surface area contributed by atoms with Crippen molar-refractivity contribution >= 4 is 22.8 Å². The van der Waals surface area contributed by atoms with E-state index in [1.165, 1.54) is 0 Å². The minimum Gasteiger partial charge on any atom is -0.497 e. The summed E-state index contributed by atoms with van der Waals surface area (Å²) in [5.74, 6) is -0.136. The summed E-state index contributed by atoms with van der Waals surface area (Å²) in [5, 5.41) is 21.1. The molecule has 3 atom stereocenters. The molecule has 2 aromatic rings. The molecule has 0 aliphatic heterocycles. The number of aromatic nitrogens is 1. The van der Waals surface area contributed by atoms with Gasteiger partial charge in [-0.1, -0.05) is 0 Å². The number of hydrogen-bond acceptors (Lipinski definition) is 5. The molecular weight excluding hydrogens is 350 g/mol. The maximum Gasteiger partial charge on any atom is 0.300 e. The average Bonchev–Trinajstić information content (AvgIpc) is 3.03. The molecule has 0 radical (unpaired) electrons. The molecule has 3 rings (SSSR count). The average molecular weight is 377 g/mol. The number of nitrogens with one attached hydrogen (secondary N) is 2. The summed E-state index contributed by atoms with van der Waals surface area (Å²) < 4.78 is 5.21. The summed E-state index contributed by atoms with van der Waals surface area (Å²) in [6.07, 6.45) is 1.33. The largest absolute Gasteiger partial charge is 0.497 e. The molecule has 0 spiro atoms. The number of fused-ring (bicyclic) bond motifs is 1. The van der Waals surface area contributed by atoms with Crippen LogP contribution in [-0.2, 0) is 16.1 Å². The van der Waals surface area contributed by atoms with Crippen molar-refractivity contribution < 1.29 is 24.5 Å². The van der Waals surface area contributed by atoms with Gasteiger partial charge in [0, 0.05) is 35.5 Å². The number of ether oxygens (including phenoxy) is 1. The maximum absolute atomic E-state index is 12.3. The Labute approximate surface area is 157 Å². The number of aromatic amines is 1. The Bertz CT molecular complexity index is 785. The second-order valence-corrected chi connectivity index (χ2v) is 6.73. The van der Waals surface area contributed by atoms with Gasteiger partial charge in [-0.2, -0.15) is 0 Å². The molecule has 1 heterocycles. The summed E-state index contributed by atoms with van der Waals surface area (Å²) in [6, 6.07) is 7.52. The van der Waals surface area contributed by atoms with E-state index in [1.807, 2.05) is 24.3 Å². The first-order valence-electron chi connectivity index (χ1n) is 8.86. The Morgan fingerprint density at radius 2 is 2.04 bits per heavy atom. The third-order valence-corrected chi connectivity index (χ3v) is 4.57. The molecule has 8 heteroatoms. The Morgan fingerprint density at radius 1 is 1.33 bits per heavy atom. The number of carboxylic acids is 1. The normalized spacial score (nSPS) is 21.9. The fourth-order valence-electron chi connectivity index (χ4n) is 3.15. The van der Waals surface area contributed by atoms with Crippen molar-refractivity contribution in [2.45, 2.75) is 44.9 Å². The van der Waals surface area contributed by atoms with Gasteiger partial charge in [-0.3, -0.25) is 9.59 Å². The number of amides is 1. The van der Waals surface area contributed by atoms with E-state index in [9.17, 15) is 9.90 Å². The zero-order chi connectivity index (χ0) is 20.0. The number of aliphatic carboxylic acids is 1. The SMILES string of the molecule is CC(=O)O.COc1ccc2[nH]c(CNC(=O)[C@H]3CC[C@@H](O)[C@H](N)C3)cc2c1. The van der Waals surface area contributed by atoms with E-state index in [0.717, 1.165) is 29.3 Å². The number of benzene rings is 1. The summed E-state index contributed by atoms with van der Waals surface area (Å²) in [6.45, 7) is 1.53. The molecule has 1 aliphatic rings. The zero-order valence-corrected chi connectivity index (χ0v) is 15.6. The van der Waals surface area contributed by atoms with E-state index in [4.69, 9.17) is 20.4 Å². The first-order chi connectivity index (χ1) is 12.8. The van der Waals surface area contributed by atoms with Crippen LogP contribution in [0.2, 0.25) is 0 Å². The van der Waals surface area contributed by atoms with Gasteiger partial charge in [-0.25, -0.2) is 0 Å². The number of methoxy groups -OCH3 is 1. The topological polar surface area (TPSA) is 138 Å². The lowest BCUT2D eigenvalue weighted by Crippen LogP contribution is -2.44. The summed E-state index contributed by atoms with van der Waals surface area (Å²) >= 11 is 0. The highest BCUT2D eigenvalue weighted by Crippen LogP contribution is 2.24. The minimum absolute atomic E-state index is 0.00332. The van der Waals surface area contributed by atoms with Gasteiger partial charge in [0.25, 0.3) is 5.97 Å². The van der Waals surface area contributed by atoms with Gasteiger partial charge >= 0.3 is 0 Å². The molecular formula is C19H27N3O5. The fraction of sp³-hybridized carbons (Fsp3) is 0.474. The quantitative estimate of drug-likeness (QED) is 0.546. The Balaban J connectivity index is 0.000000596. The van der Waals surface area contributed by atoms with Crippen LogP contribution in [0.5, 0.6) is 5.75 Å². The van der Waals surface area contributed by atoms with Crippen LogP contribution in [0, 0.1) is 5.92 Å². The van der Waals surface area contributed by atoms with Crippen LogP contribution in [-0.4, -0.2) is 46.3 Å². The lowest BCUT2D eigenvalue weighted by molar-refractivity contribution is -0.134. The monoisotopic (exact) mass is 377 g/mol. The van der Waals surface area contributed by atoms with Crippen molar-refractivity contribution in [2.24, 2.45) is 11.7 Å². The Hall–Kier alpha value is -2.58. The van der Waals surface area contributed by atoms with Crippen LogP contribution >= 0.6 is 0 Å². The predicted molar refractivity (Wildman–Crippen MR) is 101 cm³/mol. The first kappa shape index (κ1) is 20.7. The van der Waals surface area contributed by atoms with Crippen molar-refractivity contribution in [3.8, 4) is 5.75 Å². The van der Waals surface area contributed by atoms with E-state index in [-0.39, 0.29) is 17.9 Å². The van der Waals surface area contributed by atoms with E-state index in [2.05, 4.69) is 10.3 Å². The standard InChI is InChI=1S/C17H23N3O3.C2H4O2/c1-23-13-3-4-15-11(7-13)6-12(20-15)9-19-17(22)10-2-5-16(21)14(18)8-10;1-2(3)4/h3-4,6-7,10,14,16,20-21H,2,5,8-9,18H2,1H3,(H,19,22);1H3,(H,3,4)/t10-,14+,16+;/m0./s1. The number of rotatable bonds is 4. The third kappa shape index (κ3) is 5.97. The molecule has 1 saturated carbocycles. The third-order valence-electron chi connectivity index (χ3n) is 4.57. The van der Waals surface area contributed by atoms with Gasteiger partial charge in [0.15, 0.2) is 0 Å². The highest BCUT2D eigenvalue weighted by atomic mass is 16.5. The molecule has 1 aromatic carbocycles. The number of hydrogen-bond donors (Lipinski definition) is 5. The van der Waals surface area contributed by atoms with Crippen LogP contribution < -0.4 is 15.8 Å². The van der Waals surface area contributed by atoms with E-state index < -0.39 is 12.1 Å². The zero-order valence-electron chi connectivity index (χ0n) is 15.6. The smallest absolute Gasteiger partial charge is 0.300 e. The first-order valence-corrected chi connectivity index (χ1v) is 8.86. The molecule has 0 bridgehead atoms. The number of nitrogens with two attached hydrogens (primary N) is 1. The number of carbonyl (C=O) groups is 2. The predicted octanol–water partition coefficient (Wildman–Crippen LogP) is 1.37. The molecule has 8 nitrogen and oxygen atoms in total. The maximum atomic E-state index is 12.3. The number of H-pyrrole nitrogens is 1. The molecule has 27 heavy (non-hydrogen) atoms. The second-order valence-electron chi connectivity index (χ2n) is 6.73. The van der Waals surface area contributed by atoms with Crippen molar-refractivity contribution in [3.05, 3.63) is 30.0 Å². The molecule has 1 aliphatic carbocycles. The number of carbonyl (C=O) groups excluding carboxylic acids is 1. The molecule has 0 saturated heterocycles. The van der Waals surface area contributed by atoms with Crippen LogP contribution in [0.15, 0.2) is 24.3 Å². The fourth-order valence-corrected chi connectivity index (χ4v) is 3.15. The van der Waals surface area contributed by atoms with Crippen molar-refractivity contribution in [3.63, 3.8) is 0 Å². The Kier molecular flexibility index (Phi) is 7.20. The highest BCUT2D eigenvalue weighted by Gasteiger charge is 2.30.